The predicted molar refractivity (Wildman–Crippen MR) is 32.9 cm³/mol. The Bertz CT molecular complexity index is 122. The highest BCUT2D eigenvalue weighted by atomic mass is 16.5. The van der Waals surface area contributed by atoms with E-state index in [-0.39, 0.29) is 0 Å². The van der Waals surface area contributed by atoms with Crippen molar-refractivity contribution in [2.75, 3.05) is 0 Å². The predicted octanol–water partition coefficient (Wildman–Crippen LogP) is 0.223. The first-order valence-corrected chi connectivity index (χ1v) is 2.71. The molecule has 0 bridgehead atoms. The van der Waals surface area contributed by atoms with Crippen LogP contribution >= 0.6 is 0 Å². The Balaban J connectivity index is 3.39. The van der Waals surface area contributed by atoms with Gasteiger partial charge in [0.1, 0.15) is 0 Å². The van der Waals surface area contributed by atoms with Gasteiger partial charge in [0.25, 0.3) is 6.02 Å². The normalized spacial score (nSPS) is 8.56. The van der Waals surface area contributed by atoms with Crippen molar-refractivity contribution < 1.29 is 9.53 Å². The van der Waals surface area contributed by atoms with Gasteiger partial charge in [-0.05, 0) is 6.42 Å². The summed E-state index contributed by atoms with van der Waals surface area (Å²) < 4.78 is 4.21. The molecule has 0 aromatic heterocycles. The van der Waals surface area contributed by atoms with Gasteiger partial charge in [-0.3, -0.25) is 10.2 Å². The van der Waals surface area contributed by atoms with Gasteiger partial charge in [0.05, 0.1) is 0 Å². The molecule has 0 saturated heterocycles. The molecule has 4 nitrogen and oxygen atoms in total. The monoisotopic (exact) mass is 130 g/mol. The van der Waals surface area contributed by atoms with Gasteiger partial charge in [0.15, 0.2) is 0 Å². The molecule has 0 atom stereocenters. The largest absolute Gasteiger partial charge is 0.393 e. The van der Waals surface area contributed by atoms with E-state index in [0.29, 0.717) is 12.8 Å². The van der Waals surface area contributed by atoms with E-state index in [1.807, 2.05) is 6.92 Å². The Morgan fingerprint density at radius 1 is 1.78 bits per heavy atom. The van der Waals surface area contributed by atoms with Crippen LogP contribution in [-0.4, -0.2) is 12.0 Å². The molecule has 0 rings (SSSR count). The molecule has 0 fully saturated rings. The first-order chi connectivity index (χ1) is 4.16. The minimum atomic E-state index is -0.534. The highest BCUT2D eigenvalue weighted by Crippen LogP contribution is 1.88. The van der Waals surface area contributed by atoms with Crippen LogP contribution in [0.2, 0.25) is 0 Å². The summed E-state index contributed by atoms with van der Waals surface area (Å²) in [4.78, 5) is 10.4. The van der Waals surface area contributed by atoms with E-state index in [9.17, 15) is 4.79 Å². The molecule has 0 aliphatic rings. The molecule has 0 unspecified atom stereocenters. The molecule has 0 spiro atoms. The third-order valence-corrected chi connectivity index (χ3v) is 0.678. The Morgan fingerprint density at radius 3 is 2.67 bits per heavy atom. The molecule has 9 heavy (non-hydrogen) atoms. The number of esters is 1. The molecule has 0 aliphatic heterocycles. The van der Waals surface area contributed by atoms with Crippen molar-refractivity contribution in [1.29, 1.82) is 5.41 Å². The molecule has 0 aromatic carbocycles. The maximum Gasteiger partial charge on any atom is 0.313 e. The number of amidine groups is 1. The molecule has 52 valence electrons. The van der Waals surface area contributed by atoms with Gasteiger partial charge in [-0.15, -0.1) is 0 Å². The SMILES string of the molecule is CCCC(=O)OC(=N)N. The average Bonchev–Trinajstić information content (AvgIpc) is 1.63. The fourth-order valence-corrected chi connectivity index (χ4v) is 0.378. The topological polar surface area (TPSA) is 76.2 Å². The van der Waals surface area contributed by atoms with Crippen LogP contribution in [0.1, 0.15) is 19.8 Å². The maximum absolute atomic E-state index is 10.4. The summed E-state index contributed by atoms with van der Waals surface area (Å²) in [5.74, 6) is -0.440. The van der Waals surface area contributed by atoms with E-state index in [4.69, 9.17) is 11.1 Å². The zero-order chi connectivity index (χ0) is 7.28. The lowest BCUT2D eigenvalue weighted by molar-refractivity contribution is -0.135. The van der Waals surface area contributed by atoms with E-state index in [1.165, 1.54) is 0 Å². The van der Waals surface area contributed by atoms with E-state index in [1.54, 1.807) is 0 Å². The van der Waals surface area contributed by atoms with Gasteiger partial charge in [0, 0.05) is 6.42 Å². The summed E-state index contributed by atoms with van der Waals surface area (Å²) >= 11 is 0. The van der Waals surface area contributed by atoms with E-state index >= 15 is 0 Å². The summed E-state index contributed by atoms with van der Waals surface area (Å²) in [7, 11) is 0. The lowest BCUT2D eigenvalue weighted by Crippen LogP contribution is -2.18. The van der Waals surface area contributed by atoms with Gasteiger partial charge in [-0.1, -0.05) is 6.92 Å². The third kappa shape index (κ3) is 4.80. The van der Waals surface area contributed by atoms with Crippen LogP contribution in [0.3, 0.4) is 0 Å². The quantitative estimate of drug-likeness (QED) is 0.319. The van der Waals surface area contributed by atoms with E-state index < -0.39 is 12.0 Å². The second-order valence-corrected chi connectivity index (χ2v) is 1.59. The number of nitrogens with one attached hydrogen (secondary N) is 1. The van der Waals surface area contributed by atoms with Crippen LogP contribution in [0.15, 0.2) is 0 Å². The minimum absolute atomic E-state index is 0.319. The average molecular weight is 130 g/mol. The summed E-state index contributed by atoms with van der Waals surface area (Å²) in [5, 5.41) is 6.54. The molecule has 0 saturated carbocycles. The first-order valence-electron chi connectivity index (χ1n) is 2.71. The number of rotatable bonds is 2. The fraction of sp³-hybridized carbons (Fsp3) is 0.600. The number of carbonyl (C=O) groups excluding carboxylic acids is 1. The van der Waals surface area contributed by atoms with Gasteiger partial charge in [0.2, 0.25) is 0 Å². The molecule has 0 heterocycles. The third-order valence-electron chi connectivity index (χ3n) is 0.678. The lowest BCUT2D eigenvalue weighted by atomic mass is 10.3. The van der Waals surface area contributed by atoms with Crippen molar-refractivity contribution in [3.8, 4) is 0 Å². The Kier molecular flexibility index (Phi) is 3.43. The van der Waals surface area contributed by atoms with E-state index in [2.05, 4.69) is 4.74 Å². The zero-order valence-electron chi connectivity index (χ0n) is 5.31. The van der Waals surface area contributed by atoms with Crippen LogP contribution in [0.5, 0.6) is 0 Å². The second kappa shape index (κ2) is 3.88. The molecular weight excluding hydrogens is 120 g/mol. The Morgan fingerprint density at radius 2 is 2.33 bits per heavy atom. The number of hydrogen-bond acceptors (Lipinski definition) is 3. The van der Waals surface area contributed by atoms with Gasteiger partial charge < -0.3 is 10.5 Å². The molecular formula is C5H10N2O2. The van der Waals surface area contributed by atoms with Crippen molar-refractivity contribution in [3.05, 3.63) is 0 Å². The lowest BCUT2D eigenvalue weighted by Gasteiger charge is -1.96. The highest BCUT2D eigenvalue weighted by Gasteiger charge is 2.00. The zero-order valence-corrected chi connectivity index (χ0v) is 5.31. The van der Waals surface area contributed by atoms with Gasteiger partial charge >= 0.3 is 5.97 Å². The van der Waals surface area contributed by atoms with Crippen LogP contribution in [-0.2, 0) is 9.53 Å². The summed E-state index contributed by atoms with van der Waals surface area (Å²) in [6, 6.07) is -0.534. The van der Waals surface area contributed by atoms with Crippen LogP contribution < -0.4 is 5.73 Å². The molecule has 0 aliphatic carbocycles. The Labute approximate surface area is 53.5 Å². The maximum atomic E-state index is 10.4. The molecule has 4 heteroatoms. The smallest absolute Gasteiger partial charge is 0.313 e. The molecule has 0 aromatic rings. The number of ether oxygens (including phenoxy) is 1. The number of nitrogens with two attached hydrogens (primary N) is 1. The van der Waals surface area contributed by atoms with Crippen molar-refractivity contribution in [1.82, 2.24) is 0 Å². The number of carbonyl (C=O) groups is 1. The van der Waals surface area contributed by atoms with Crippen molar-refractivity contribution in [3.63, 3.8) is 0 Å². The van der Waals surface area contributed by atoms with Crippen molar-refractivity contribution >= 4 is 12.0 Å². The fourth-order valence-electron chi connectivity index (χ4n) is 0.378. The number of hydrogen-bond donors (Lipinski definition) is 2. The van der Waals surface area contributed by atoms with Gasteiger partial charge in [-0.25, -0.2) is 0 Å². The van der Waals surface area contributed by atoms with Gasteiger partial charge in [-0.2, -0.15) is 0 Å². The first kappa shape index (κ1) is 7.94. The van der Waals surface area contributed by atoms with Crippen LogP contribution in [0.25, 0.3) is 0 Å². The van der Waals surface area contributed by atoms with E-state index in [0.717, 1.165) is 0 Å². The summed E-state index contributed by atoms with van der Waals surface area (Å²) in [6.07, 6.45) is 1.03. The minimum Gasteiger partial charge on any atom is -0.393 e. The van der Waals surface area contributed by atoms with Crippen LogP contribution in [0, 0.1) is 5.41 Å². The molecule has 0 radical (unpaired) electrons. The highest BCUT2D eigenvalue weighted by molar-refractivity contribution is 5.84. The molecule has 3 N–H and O–H groups in total. The van der Waals surface area contributed by atoms with Crippen LogP contribution in [0.4, 0.5) is 0 Å². The second-order valence-electron chi connectivity index (χ2n) is 1.59. The van der Waals surface area contributed by atoms with Crippen molar-refractivity contribution in [2.24, 2.45) is 5.73 Å². The van der Waals surface area contributed by atoms with Crippen molar-refractivity contribution in [2.45, 2.75) is 19.8 Å². The molecule has 0 amide bonds. The summed E-state index contributed by atoms with van der Waals surface area (Å²) in [6.45, 7) is 1.85. The Hall–Kier alpha value is -1.06. The standard InChI is InChI=1S/C5H10N2O2/c1-2-3-4(8)9-5(6)7/h2-3H2,1H3,(H3,6,7). The summed E-state index contributed by atoms with van der Waals surface area (Å²) in [5.41, 5.74) is 4.76.